The van der Waals surface area contributed by atoms with Crippen molar-refractivity contribution in [3.63, 3.8) is 0 Å². The Labute approximate surface area is 137 Å². The van der Waals surface area contributed by atoms with E-state index in [1.54, 1.807) is 12.1 Å². The van der Waals surface area contributed by atoms with Crippen molar-refractivity contribution in [3.8, 4) is 0 Å². The summed E-state index contributed by atoms with van der Waals surface area (Å²) in [6, 6.07) is 15.0. The average Bonchev–Trinajstić information content (AvgIpc) is 2.45. The van der Waals surface area contributed by atoms with Gasteiger partial charge in [0.15, 0.2) is 5.78 Å². The molecule has 0 saturated carbocycles. The van der Waals surface area contributed by atoms with E-state index in [9.17, 15) is 9.59 Å². The summed E-state index contributed by atoms with van der Waals surface area (Å²) in [7, 11) is 0. The Morgan fingerprint density at radius 1 is 1.05 bits per heavy atom. The van der Waals surface area contributed by atoms with Gasteiger partial charge in [-0.2, -0.15) is 0 Å². The molecule has 0 saturated heterocycles. The first-order valence-corrected chi connectivity index (χ1v) is 7.78. The highest BCUT2D eigenvalue weighted by Gasteiger charge is 2.09. The third-order valence-corrected chi connectivity index (χ3v) is 3.77. The Morgan fingerprint density at radius 2 is 1.76 bits per heavy atom. The van der Waals surface area contributed by atoms with E-state index in [1.165, 1.54) is 0 Å². The van der Waals surface area contributed by atoms with Crippen LogP contribution < -0.4 is 5.32 Å². The number of Topliss-reactive ketones (excluding diaryl/α,β-unsaturated/α-hetero) is 1. The smallest absolute Gasteiger partial charge is 0.224 e. The maximum atomic E-state index is 12.0. The summed E-state index contributed by atoms with van der Waals surface area (Å²) < 4.78 is 1.08. The number of hydrogen-bond acceptors (Lipinski definition) is 2. The lowest BCUT2D eigenvalue weighted by atomic mass is 10.1. The van der Waals surface area contributed by atoms with Crippen molar-refractivity contribution in [1.29, 1.82) is 0 Å². The minimum absolute atomic E-state index is 0.00853. The van der Waals surface area contributed by atoms with E-state index in [1.807, 2.05) is 43.3 Å². The number of nitrogens with one attached hydrogen (secondary N) is 1. The molecule has 0 spiro atoms. The first-order chi connectivity index (χ1) is 10.0. The molecule has 0 radical (unpaired) electrons. The lowest BCUT2D eigenvalue weighted by Crippen LogP contribution is -2.13. The maximum Gasteiger partial charge on any atom is 0.224 e. The van der Waals surface area contributed by atoms with Crippen LogP contribution in [0.4, 0.5) is 5.69 Å². The van der Waals surface area contributed by atoms with Crippen LogP contribution in [-0.4, -0.2) is 11.7 Å². The normalized spacial score (nSPS) is 10.2. The van der Waals surface area contributed by atoms with E-state index < -0.39 is 0 Å². The second kappa shape index (κ2) is 7.36. The molecule has 0 aliphatic rings. The molecule has 0 atom stereocenters. The molecule has 4 heteroatoms. The summed E-state index contributed by atoms with van der Waals surface area (Å²) in [5, 5.41) is 2.81. The van der Waals surface area contributed by atoms with Gasteiger partial charge in [0.1, 0.15) is 0 Å². The van der Waals surface area contributed by atoms with Crippen molar-refractivity contribution in [1.82, 2.24) is 0 Å². The first kappa shape index (κ1) is 15.7. The number of anilines is 1. The monoisotopic (exact) mass is 393 g/mol. The molecule has 1 amide bonds. The molecule has 0 heterocycles. The Bertz CT molecular complexity index is 650. The molecule has 2 aromatic rings. The number of rotatable bonds is 5. The quantitative estimate of drug-likeness (QED) is 0.612. The SMILES string of the molecule is Cc1cccc(NC(=O)CCC(=O)c2ccc(I)cc2)c1. The van der Waals surface area contributed by atoms with Crippen LogP contribution >= 0.6 is 22.6 Å². The van der Waals surface area contributed by atoms with Gasteiger partial charge in [-0.05, 0) is 59.3 Å². The van der Waals surface area contributed by atoms with Crippen molar-refractivity contribution < 1.29 is 9.59 Å². The Morgan fingerprint density at radius 3 is 2.43 bits per heavy atom. The van der Waals surface area contributed by atoms with Gasteiger partial charge in [0.25, 0.3) is 0 Å². The highest BCUT2D eigenvalue weighted by molar-refractivity contribution is 14.1. The lowest BCUT2D eigenvalue weighted by Gasteiger charge is -2.06. The third kappa shape index (κ3) is 4.97. The first-order valence-electron chi connectivity index (χ1n) is 6.70. The summed E-state index contributed by atoms with van der Waals surface area (Å²) in [5.41, 5.74) is 2.50. The van der Waals surface area contributed by atoms with E-state index in [0.29, 0.717) is 5.56 Å². The van der Waals surface area contributed by atoms with Gasteiger partial charge in [-0.3, -0.25) is 9.59 Å². The van der Waals surface area contributed by atoms with Gasteiger partial charge in [0, 0.05) is 27.7 Å². The Balaban J connectivity index is 1.86. The van der Waals surface area contributed by atoms with Gasteiger partial charge in [0.05, 0.1) is 0 Å². The molecule has 108 valence electrons. The van der Waals surface area contributed by atoms with E-state index in [-0.39, 0.29) is 24.5 Å². The fourth-order valence-electron chi connectivity index (χ4n) is 1.95. The van der Waals surface area contributed by atoms with Gasteiger partial charge >= 0.3 is 0 Å². The van der Waals surface area contributed by atoms with Crippen molar-refractivity contribution in [2.75, 3.05) is 5.32 Å². The van der Waals surface area contributed by atoms with Crippen molar-refractivity contribution in [3.05, 3.63) is 63.2 Å². The molecule has 21 heavy (non-hydrogen) atoms. The molecule has 0 aromatic heterocycles. The highest BCUT2D eigenvalue weighted by Crippen LogP contribution is 2.12. The zero-order chi connectivity index (χ0) is 15.2. The molecule has 0 bridgehead atoms. The molecule has 1 N–H and O–H groups in total. The minimum Gasteiger partial charge on any atom is -0.326 e. The number of hydrogen-bond donors (Lipinski definition) is 1. The van der Waals surface area contributed by atoms with Gasteiger partial charge < -0.3 is 5.32 Å². The summed E-state index contributed by atoms with van der Waals surface area (Å²) in [6.45, 7) is 1.97. The van der Waals surface area contributed by atoms with Crippen LogP contribution in [0.2, 0.25) is 0 Å². The summed E-state index contributed by atoms with van der Waals surface area (Å²) in [4.78, 5) is 23.8. The number of halogens is 1. The van der Waals surface area contributed by atoms with E-state index in [0.717, 1.165) is 14.8 Å². The summed E-state index contributed by atoms with van der Waals surface area (Å²) >= 11 is 2.19. The van der Waals surface area contributed by atoms with Crippen LogP contribution in [0.1, 0.15) is 28.8 Å². The Kier molecular flexibility index (Phi) is 5.50. The molecule has 0 aliphatic carbocycles. The molecule has 3 nitrogen and oxygen atoms in total. The summed E-state index contributed by atoms with van der Waals surface area (Å²) in [5.74, 6) is -0.148. The second-order valence-corrected chi connectivity index (χ2v) is 6.09. The fraction of sp³-hybridized carbons (Fsp3) is 0.176. The number of aryl methyl sites for hydroxylation is 1. The number of amides is 1. The van der Waals surface area contributed by atoms with Crippen LogP contribution in [-0.2, 0) is 4.79 Å². The predicted octanol–water partition coefficient (Wildman–Crippen LogP) is 4.20. The molecule has 0 unspecified atom stereocenters. The third-order valence-electron chi connectivity index (χ3n) is 3.05. The van der Waals surface area contributed by atoms with Crippen molar-refractivity contribution in [2.24, 2.45) is 0 Å². The molecule has 2 rings (SSSR count). The molecule has 0 fully saturated rings. The number of ketones is 1. The second-order valence-electron chi connectivity index (χ2n) is 4.85. The van der Waals surface area contributed by atoms with Gasteiger partial charge in [0.2, 0.25) is 5.91 Å². The van der Waals surface area contributed by atoms with Gasteiger partial charge in [-0.25, -0.2) is 0 Å². The molecular weight excluding hydrogens is 377 g/mol. The summed E-state index contributed by atoms with van der Waals surface area (Å²) in [6.07, 6.45) is 0.414. The van der Waals surface area contributed by atoms with Crippen LogP contribution in [0.5, 0.6) is 0 Å². The number of benzene rings is 2. The van der Waals surface area contributed by atoms with Crippen LogP contribution in [0.25, 0.3) is 0 Å². The van der Waals surface area contributed by atoms with Crippen LogP contribution in [0, 0.1) is 10.5 Å². The van der Waals surface area contributed by atoms with Crippen molar-refractivity contribution >= 4 is 40.0 Å². The van der Waals surface area contributed by atoms with Crippen LogP contribution in [0.3, 0.4) is 0 Å². The predicted molar refractivity (Wildman–Crippen MR) is 92.5 cm³/mol. The average molecular weight is 393 g/mol. The van der Waals surface area contributed by atoms with Gasteiger partial charge in [-0.15, -0.1) is 0 Å². The number of carbonyl (C=O) groups is 2. The van der Waals surface area contributed by atoms with E-state index in [4.69, 9.17) is 0 Å². The molecule has 0 aliphatic heterocycles. The van der Waals surface area contributed by atoms with Crippen molar-refractivity contribution in [2.45, 2.75) is 19.8 Å². The fourth-order valence-corrected chi connectivity index (χ4v) is 2.31. The lowest BCUT2D eigenvalue weighted by molar-refractivity contribution is -0.116. The Hall–Kier alpha value is -1.69. The largest absolute Gasteiger partial charge is 0.326 e. The standard InChI is InChI=1S/C17H16INO2/c1-12-3-2-4-15(11-12)19-17(21)10-9-16(20)13-5-7-14(18)8-6-13/h2-8,11H,9-10H2,1H3,(H,19,21). The highest BCUT2D eigenvalue weighted by atomic mass is 127. The maximum absolute atomic E-state index is 12.0. The zero-order valence-corrected chi connectivity index (χ0v) is 13.9. The molecule has 2 aromatic carbocycles. The molecular formula is C17H16INO2. The van der Waals surface area contributed by atoms with E-state index >= 15 is 0 Å². The van der Waals surface area contributed by atoms with Crippen LogP contribution in [0.15, 0.2) is 48.5 Å². The number of carbonyl (C=O) groups excluding carboxylic acids is 2. The topological polar surface area (TPSA) is 46.2 Å². The van der Waals surface area contributed by atoms with Gasteiger partial charge in [-0.1, -0.05) is 24.3 Å². The van der Waals surface area contributed by atoms with E-state index in [2.05, 4.69) is 27.9 Å². The zero-order valence-electron chi connectivity index (χ0n) is 11.7. The minimum atomic E-state index is -0.139.